The molecule has 0 heterocycles. The van der Waals surface area contributed by atoms with Crippen LogP contribution in [0.25, 0.3) is 0 Å². The van der Waals surface area contributed by atoms with Crippen molar-refractivity contribution in [3.8, 4) is 0 Å². The summed E-state index contributed by atoms with van der Waals surface area (Å²) >= 11 is 0. The van der Waals surface area contributed by atoms with Gasteiger partial charge in [0.2, 0.25) is 0 Å². The molecular weight excluding hydrogens is 265 g/mol. The summed E-state index contributed by atoms with van der Waals surface area (Å²) in [6.45, 7) is 0. The summed E-state index contributed by atoms with van der Waals surface area (Å²) < 4.78 is 0. The number of halogens is 1. The van der Waals surface area contributed by atoms with Gasteiger partial charge in [0.05, 0.1) is 0 Å². The van der Waals surface area contributed by atoms with Gasteiger partial charge in [-0.15, -0.1) is 0 Å². The van der Waals surface area contributed by atoms with E-state index in [1.54, 1.807) is 0 Å². The van der Waals surface area contributed by atoms with Crippen molar-refractivity contribution in [3.63, 3.8) is 0 Å². The van der Waals surface area contributed by atoms with Crippen molar-refractivity contribution in [3.05, 3.63) is 0 Å². The molecule has 1 nitrogen and oxygen atoms in total. The van der Waals surface area contributed by atoms with Crippen LogP contribution in [0.4, 0.5) is 4.70 Å². The molecule has 4 heteroatoms. The van der Waals surface area contributed by atoms with E-state index in [0.717, 1.165) is 0 Å². The normalized spacial score (nSPS) is 0. The summed E-state index contributed by atoms with van der Waals surface area (Å²) in [5.74, 6) is 0. The Hall–Kier alpha value is 2.20. The van der Waals surface area contributed by atoms with Gasteiger partial charge >= 0.3 is 0 Å². The molecule has 0 bridgehead atoms. The first-order chi connectivity index (χ1) is 0. The molecule has 0 rings (SSSR count). The van der Waals surface area contributed by atoms with E-state index in [1.807, 2.05) is 0 Å². The zero-order chi connectivity index (χ0) is 0. The summed E-state index contributed by atoms with van der Waals surface area (Å²) in [4.78, 5) is 0. The number of hydrogen-bond acceptors (Lipinski definition) is 0. The summed E-state index contributed by atoms with van der Waals surface area (Å²) in [5, 5.41) is 0. The van der Waals surface area contributed by atoms with Crippen LogP contribution in [0, 0.1) is 0 Å². The Bertz CT molecular complexity index is 8.00. The summed E-state index contributed by atoms with van der Waals surface area (Å²) in [6, 6.07) is 0. The average Bonchev–Trinajstić information content (AvgIpc) is 0. The molecule has 0 amide bonds. The maximum Gasteiger partial charge on any atom is 0 e. The van der Waals surface area contributed by atoms with Crippen LogP contribution in [0.1, 0.15) is 0 Å². The second-order valence-electron chi connectivity index (χ2n) is 0. The van der Waals surface area contributed by atoms with Gasteiger partial charge in [-0.2, -0.15) is 0 Å². The SMILES string of the molecule is F.O.[Ba].[Nb]. The van der Waals surface area contributed by atoms with E-state index < -0.39 is 0 Å². The van der Waals surface area contributed by atoms with Crippen LogP contribution in [0.3, 0.4) is 0 Å². The third-order valence-corrected chi connectivity index (χ3v) is 0. The van der Waals surface area contributed by atoms with Gasteiger partial charge in [0.25, 0.3) is 0 Å². The summed E-state index contributed by atoms with van der Waals surface area (Å²) in [5.41, 5.74) is 0. The van der Waals surface area contributed by atoms with E-state index in [-0.39, 0.29) is 81.4 Å². The molecule has 0 saturated heterocycles. The molecule has 0 atom stereocenters. The fourth-order valence-electron chi connectivity index (χ4n) is 0. The first kappa shape index (κ1) is 34.6. The molecule has 0 saturated carbocycles. The van der Waals surface area contributed by atoms with Gasteiger partial charge < -0.3 is 5.48 Å². The Labute approximate surface area is 79.8 Å². The van der Waals surface area contributed by atoms with Gasteiger partial charge in [-0.3, -0.25) is 4.70 Å². The molecule has 0 aromatic rings. The smallest absolute Gasteiger partial charge is 0 e. The van der Waals surface area contributed by atoms with Gasteiger partial charge in [0.15, 0.2) is 0 Å². The van der Waals surface area contributed by atoms with Crippen molar-refractivity contribution >= 4 is 48.9 Å². The van der Waals surface area contributed by atoms with Crippen molar-refractivity contribution in [1.82, 2.24) is 0 Å². The maximum absolute atomic E-state index is 0. The van der Waals surface area contributed by atoms with Crippen LogP contribution in [-0.2, 0) is 22.4 Å². The van der Waals surface area contributed by atoms with Gasteiger partial charge in [0, 0.05) is 71.3 Å². The minimum Gasteiger partial charge on any atom is -0.412 e. The molecular formula is H3BaFNbO. The van der Waals surface area contributed by atoms with Crippen LogP contribution < -0.4 is 0 Å². The fourth-order valence-corrected chi connectivity index (χ4v) is 0. The molecule has 0 fully saturated rings. The first-order valence-electron chi connectivity index (χ1n) is 0. The van der Waals surface area contributed by atoms with Gasteiger partial charge in [-0.05, 0) is 0 Å². The molecule has 0 aromatic carbocycles. The van der Waals surface area contributed by atoms with E-state index in [1.165, 1.54) is 0 Å². The van der Waals surface area contributed by atoms with Gasteiger partial charge in [-0.25, -0.2) is 0 Å². The average molecular weight is 268 g/mol. The zero-order valence-corrected chi connectivity index (χ0v) is 8.70. The third-order valence-electron chi connectivity index (χ3n) is 0. The predicted molar refractivity (Wildman–Crippen MR) is 11.9 cm³/mol. The molecule has 23 valence electrons. The minimum atomic E-state index is 0. The third kappa shape index (κ3) is 8.89. The molecule has 0 aliphatic rings. The molecule has 0 spiro atoms. The molecule has 2 N–H and O–H groups in total. The van der Waals surface area contributed by atoms with Crippen LogP contribution in [-0.4, -0.2) is 54.4 Å². The second-order valence-corrected chi connectivity index (χ2v) is 0. The Morgan fingerprint density at radius 2 is 1.00 bits per heavy atom. The Morgan fingerprint density at radius 1 is 1.00 bits per heavy atom. The quantitative estimate of drug-likeness (QED) is 0.502. The van der Waals surface area contributed by atoms with Crippen molar-refractivity contribution in [2.45, 2.75) is 0 Å². The Morgan fingerprint density at radius 3 is 1.00 bits per heavy atom. The fraction of sp³-hybridized carbons (Fsp3) is 0. The monoisotopic (exact) mass is 269 g/mol. The topological polar surface area (TPSA) is 31.5 Å². The Balaban J connectivity index is 0. The van der Waals surface area contributed by atoms with Crippen LogP contribution in [0.15, 0.2) is 0 Å². The van der Waals surface area contributed by atoms with E-state index in [4.69, 9.17) is 0 Å². The van der Waals surface area contributed by atoms with Crippen molar-refractivity contribution < 1.29 is 32.6 Å². The largest absolute Gasteiger partial charge is 0.412 e. The van der Waals surface area contributed by atoms with Crippen LogP contribution >= 0.6 is 0 Å². The Kier molecular flexibility index (Phi) is 164. The molecule has 0 aliphatic heterocycles. The second kappa shape index (κ2) is 18.9. The van der Waals surface area contributed by atoms with Crippen LogP contribution in [0.2, 0.25) is 0 Å². The standard InChI is InChI=1S/Ba.FH.Nb.H2O/h;1H;;1H2. The molecule has 3 radical (unpaired) electrons. The molecule has 0 aromatic heterocycles. The van der Waals surface area contributed by atoms with Crippen molar-refractivity contribution in [2.75, 3.05) is 0 Å². The van der Waals surface area contributed by atoms with E-state index >= 15 is 0 Å². The molecule has 4 heavy (non-hydrogen) atoms. The summed E-state index contributed by atoms with van der Waals surface area (Å²) in [7, 11) is 0. The van der Waals surface area contributed by atoms with E-state index in [9.17, 15) is 0 Å². The zero-order valence-electron chi connectivity index (χ0n) is 2.06. The summed E-state index contributed by atoms with van der Waals surface area (Å²) in [6.07, 6.45) is 0. The van der Waals surface area contributed by atoms with E-state index in [2.05, 4.69) is 0 Å². The maximum atomic E-state index is 0. The number of hydrogen-bond donors (Lipinski definition) is 0. The van der Waals surface area contributed by atoms with Crippen molar-refractivity contribution in [2.24, 2.45) is 0 Å². The number of rotatable bonds is 0. The van der Waals surface area contributed by atoms with Gasteiger partial charge in [-0.1, -0.05) is 0 Å². The molecule has 0 aliphatic carbocycles. The first-order valence-corrected chi connectivity index (χ1v) is 0. The van der Waals surface area contributed by atoms with Crippen LogP contribution in [0.5, 0.6) is 0 Å². The minimum absolute atomic E-state index is 0. The predicted octanol–water partition coefficient (Wildman–Crippen LogP) is -1.06. The molecule has 0 unspecified atom stereocenters. The van der Waals surface area contributed by atoms with E-state index in [0.29, 0.717) is 0 Å². The van der Waals surface area contributed by atoms with Gasteiger partial charge in [0.1, 0.15) is 0 Å². The van der Waals surface area contributed by atoms with Crippen molar-refractivity contribution in [1.29, 1.82) is 0 Å².